The van der Waals surface area contributed by atoms with Crippen molar-refractivity contribution in [2.45, 2.75) is 12.4 Å². The van der Waals surface area contributed by atoms with Crippen LogP contribution in [0, 0.1) is 0 Å². The topological polar surface area (TPSA) is 52.3 Å². The van der Waals surface area contributed by atoms with E-state index in [1.807, 2.05) is 0 Å². The molecule has 1 aromatic heterocycles. The van der Waals surface area contributed by atoms with Crippen LogP contribution in [-0.2, 0) is 12.4 Å². The molecule has 0 spiro atoms. The van der Waals surface area contributed by atoms with E-state index in [2.05, 4.69) is 31.2 Å². The average Bonchev–Trinajstić information content (AvgIpc) is 3.03. The normalized spacial score (nSPS) is 12.5. The number of nitrogens with zero attached hydrogens (tertiary/aromatic N) is 4. The summed E-state index contributed by atoms with van der Waals surface area (Å²) in [7, 11) is 0. The Labute approximate surface area is 167 Å². The third kappa shape index (κ3) is 4.94. The molecule has 1 heterocycles. The molecule has 152 valence electrons. The molecule has 0 radical (unpaired) electrons. The monoisotopic (exact) mass is 478 g/mol. The molecule has 3 rings (SSSR count). The number of ether oxygens (including phenoxy) is 1. The predicted molar refractivity (Wildman–Crippen MR) is 93.7 cm³/mol. The number of hydrogen-bond acceptors (Lipinski definition) is 4. The van der Waals surface area contributed by atoms with Gasteiger partial charge in [-0.25, -0.2) is 0 Å². The van der Waals surface area contributed by atoms with Crippen molar-refractivity contribution in [2.24, 2.45) is 5.10 Å². The van der Waals surface area contributed by atoms with Crippen LogP contribution in [0.5, 0.6) is 11.8 Å². The summed E-state index contributed by atoms with van der Waals surface area (Å²) in [5.74, 6) is -1.87. The van der Waals surface area contributed by atoms with Gasteiger partial charge in [-0.2, -0.15) is 36.1 Å². The van der Waals surface area contributed by atoms with E-state index < -0.39 is 29.8 Å². The standard InChI is InChI=1S/C17H9BrF6N4O/c18-13-7-2-1-4-10(13)9-25-28-14(17(22,23)24)26-27-15(28)29-12-6-3-5-11(8-12)16(19,20)21/h1-9H/b25-9+. The van der Waals surface area contributed by atoms with Gasteiger partial charge in [0, 0.05) is 10.0 Å². The van der Waals surface area contributed by atoms with Crippen molar-refractivity contribution >= 4 is 22.1 Å². The number of benzene rings is 2. The summed E-state index contributed by atoms with van der Waals surface area (Å²) in [4.78, 5) is 0. The Hall–Kier alpha value is -2.89. The zero-order chi connectivity index (χ0) is 21.2. The number of alkyl halides is 6. The van der Waals surface area contributed by atoms with Crippen LogP contribution in [0.4, 0.5) is 26.3 Å². The fraction of sp³-hybridized carbons (Fsp3) is 0.118. The molecule has 0 aliphatic carbocycles. The van der Waals surface area contributed by atoms with Crippen molar-refractivity contribution in [3.63, 3.8) is 0 Å². The summed E-state index contributed by atoms with van der Waals surface area (Å²) in [6.07, 6.45) is -8.47. The van der Waals surface area contributed by atoms with Crippen LogP contribution in [0.1, 0.15) is 17.0 Å². The molecule has 0 amide bonds. The maximum atomic E-state index is 13.2. The van der Waals surface area contributed by atoms with Gasteiger partial charge in [0.15, 0.2) is 0 Å². The van der Waals surface area contributed by atoms with E-state index in [1.54, 1.807) is 24.3 Å². The Morgan fingerprint density at radius 2 is 1.66 bits per heavy atom. The maximum absolute atomic E-state index is 13.2. The van der Waals surface area contributed by atoms with Gasteiger partial charge in [-0.15, -0.1) is 5.10 Å². The number of aromatic nitrogens is 3. The van der Waals surface area contributed by atoms with Gasteiger partial charge in [-0.1, -0.05) is 45.3 Å². The van der Waals surface area contributed by atoms with Gasteiger partial charge in [0.25, 0.3) is 5.82 Å². The molecule has 0 fully saturated rings. The Morgan fingerprint density at radius 1 is 0.931 bits per heavy atom. The molecule has 29 heavy (non-hydrogen) atoms. The molecule has 0 aliphatic rings. The summed E-state index contributed by atoms with van der Waals surface area (Å²) in [6.45, 7) is 0. The highest BCUT2D eigenvalue weighted by Crippen LogP contribution is 2.34. The van der Waals surface area contributed by atoms with Crippen LogP contribution in [0.3, 0.4) is 0 Å². The second-order valence-electron chi connectivity index (χ2n) is 5.51. The highest BCUT2D eigenvalue weighted by Gasteiger charge is 2.39. The maximum Gasteiger partial charge on any atom is 0.453 e. The first-order valence-corrected chi connectivity index (χ1v) is 8.51. The van der Waals surface area contributed by atoms with Crippen LogP contribution < -0.4 is 4.74 Å². The van der Waals surface area contributed by atoms with Crippen molar-refractivity contribution in [1.82, 2.24) is 14.9 Å². The molecule has 12 heteroatoms. The zero-order valence-corrected chi connectivity index (χ0v) is 15.6. The van der Waals surface area contributed by atoms with E-state index in [0.29, 0.717) is 16.1 Å². The third-order valence-electron chi connectivity index (χ3n) is 3.45. The van der Waals surface area contributed by atoms with Crippen LogP contribution in [0.2, 0.25) is 0 Å². The second kappa shape index (κ2) is 7.85. The van der Waals surface area contributed by atoms with Crippen molar-refractivity contribution in [1.29, 1.82) is 0 Å². The lowest BCUT2D eigenvalue weighted by molar-refractivity contribution is -0.147. The largest absolute Gasteiger partial charge is 0.453 e. The van der Waals surface area contributed by atoms with E-state index in [-0.39, 0.29) is 10.4 Å². The fourth-order valence-corrected chi connectivity index (χ4v) is 2.54. The lowest BCUT2D eigenvalue weighted by Gasteiger charge is -2.10. The van der Waals surface area contributed by atoms with Crippen LogP contribution >= 0.6 is 15.9 Å². The van der Waals surface area contributed by atoms with Gasteiger partial charge in [-0.3, -0.25) is 0 Å². The van der Waals surface area contributed by atoms with Gasteiger partial charge in [0.1, 0.15) is 5.75 Å². The number of halogens is 7. The average molecular weight is 479 g/mol. The van der Waals surface area contributed by atoms with Crippen molar-refractivity contribution in [2.75, 3.05) is 0 Å². The summed E-state index contributed by atoms with van der Waals surface area (Å²) >= 11 is 3.23. The first-order chi connectivity index (χ1) is 13.6. The zero-order valence-electron chi connectivity index (χ0n) is 14.0. The summed E-state index contributed by atoms with van der Waals surface area (Å²) in [5.41, 5.74) is -0.590. The molecular weight excluding hydrogens is 470 g/mol. The van der Waals surface area contributed by atoms with Crippen LogP contribution in [0.25, 0.3) is 0 Å². The molecule has 0 aliphatic heterocycles. The molecular formula is C17H9BrF6N4O. The van der Waals surface area contributed by atoms with E-state index in [0.717, 1.165) is 24.4 Å². The molecule has 2 aromatic carbocycles. The highest BCUT2D eigenvalue weighted by molar-refractivity contribution is 9.10. The van der Waals surface area contributed by atoms with Gasteiger partial charge in [0.05, 0.1) is 11.8 Å². The van der Waals surface area contributed by atoms with Crippen LogP contribution in [-0.4, -0.2) is 21.1 Å². The first kappa shape index (κ1) is 20.8. The molecule has 0 unspecified atom stereocenters. The quantitative estimate of drug-likeness (QED) is 0.354. The summed E-state index contributed by atoms with van der Waals surface area (Å²) in [6, 6.07) is 9.43. The molecule has 0 atom stereocenters. The van der Waals surface area contributed by atoms with E-state index in [4.69, 9.17) is 4.74 Å². The Morgan fingerprint density at radius 3 is 2.31 bits per heavy atom. The second-order valence-corrected chi connectivity index (χ2v) is 6.36. The van der Waals surface area contributed by atoms with E-state index >= 15 is 0 Å². The molecule has 0 saturated heterocycles. The highest BCUT2D eigenvalue weighted by atomic mass is 79.9. The van der Waals surface area contributed by atoms with Crippen molar-refractivity contribution in [3.8, 4) is 11.8 Å². The molecule has 0 saturated carbocycles. The fourth-order valence-electron chi connectivity index (χ4n) is 2.15. The lowest BCUT2D eigenvalue weighted by atomic mass is 10.2. The lowest BCUT2D eigenvalue weighted by Crippen LogP contribution is -2.13. The van der Waals surface area contributed by atoms with E-state index in [9.17, 15) is 26.3 Å². The van der Waals surface area contributed by atoms with E-state index in [1.165, 1.54) is 0 Å². The first-order valence-electron chi connectivity index (χ1n) is 7.72. The van der Waals surface area contributed by atoms with Gasteiger partial charge in [0.2, 0.25) is 0 Å². The molecule has 0 bridgehead atoms. The SMILES string of the molecule is FC(F)(F)c1cccc(Oc2nnc(C(F)(F)F)n2/N=C/c2ccccc2Br)c1. The van der Waals surface area contributed by atoms with Gasteiger partial charge < -0.3 is 4.74 Å². The predicted octanol–water partition coefficient (Wildman–Crippen LogP) is 5.75. The smallest absolute Gasteiger partial charge is 0.423 e. The Kier molecular flexibility index (Phi) is 5.64. The van der Waals surface area contributed by atoms with Gasteiger partial charge in [-0.05, 0) is 24.3 Å². The minimum atomic E-state index is -4.92. The minimum Gasteiger partial charge on any atom is -0.423 e. The number of hydrogen-bond donors (Lipinski definition) is 0. The minimum absolute atomic E-state index is 0.264. The third-order valence-corrected chi connectivity index (χ3v) is 4.18. The van der Waals surface area contributed by atoms with Gasteiger partial charge >= 0.3 is 18.4 Å². The summed E-state index contributed by atoms with van der Waals surface area (Å²) < 4.78 is 84.1. The molecule has 0 N–H and O–H groups in total. The number of rotatable bonds is 4. The van der Waals surface area contributed by atoms with Crippen LogP contribution in [0.15, 0.2) is 58.1 Å². The Balaban J connectivity index is 2.00. The molecule has 5 nitrogen and oxygen atoms in total. The molecule has 3 aromatic rings. The van der Waals surface area contributed by atoms with Crippen molar-refractivity contribution in [3.05, 3.63) is 70.0 Å². The van der Waals surface area contributed by atoms with Crippen molar-refractivity contribution < 1.29 is 31.1 Å². The summed E-state index contributed by atoms with van der Waals surface area (Å²) in [5, 5.41) is 9.97. The Bertz CT molecular complexity index is 1040.